The molecule has 3 fully saturated rings. The van der Waals surface area contributed by atoms with E-state index in [1.165, 1.54) is 32.1 Å². The lowest BCUT2D eigenvalue weighted by molar-refractivity contribution is -0.134. The van der Waals surface area contributed by atoms with Gasteiger partial charge in [-0.1, -0.05) is 78.2 Å². The Bertz CT molecular complexity index is 1410. The number of fused-ring (bicyclic) bond motifs is 1. The molecule has 3 heterocycles. The Kier molecular flexibility index (Phi) is 9.51. The molecule has 1 spiro atoms. The average Bonchev–Trinajstić information content (AvgIpc) is 3.66. The van der Waals surface area contributed by atoms with Crippen LogP contribution in [0.25, 0.3) is 0 Å². The quantitative estimate of drug-likeness (QED) is 0.347. The van der Waals surface area contributed by atoms with Crippen molar-refractivity contribution in [3.63, 3.8) is 0 Å². The number of H-pyrrole nitrogens is 1. The second kappa shape index (κ2) is 13.3. The monoisotopic (exact) mass is 644 g/mol. The van der Waals surface area contributed by atoms with Gasteiger partial charge in [0.1, 0.15) is 5.66 Å². The molecule has 0 radical (unpaired) electrons. The highest BCUT2D eigenvalue weighted by Crippen LogP contribution is 2.50. The number of aromatic amines is 1. The number of nitrogens with one attached hydrogen (secondary N) is 2. The van der Waals surface area contributed by atoms with Crippen LogP contribution in [0.15, 0.2) is 29.3 Å². The summed E-state index contributed by atoms with van der Waals surface area (Å²) in [5, 5.41) is 16.7. The van der Waals surface area contributed by atoms with Gasteiger partial charge in [0, 0.05) is 18.7 Å². The average molecular weight is 645 g/mol. The molecule has 1 aromatic heterocycles. The molecule has 256 valence electrons. The van der Waals surface area contributed by atoms with Gasteiger partial charge in [0.2, 0.25) is 0 Å². The molecular weight excluding hydrogens is 588 g/mol. The molecular formula is C37H56N8O2. The highest BCUT2D eigenvalue weighted by atomic mass is 16.2. The van der Waals surface area contributed by atoms with Crippen molar-refractivity contribution in [3.05, 3.63) is 41.2 Å². The van der Waals surface area contributed by atoms with E-state index in [0.29, 0.717) is 29.1 Å². The Morgan fingerprint density at radius 1 is 1.00 bits per heavy atom. The van der Waals surface area contributed by atoms with Gasteiger partial charge in [0.15, 0.2) is 11.7 Å². The molecule has 2 N–H and O–H groups in total. The molecule has 2 aliphatic carbocycles. The molecule has 6 rings (SSSR count). The first kappa shape index (κ1) is 33.6. The van der Waals surface area contributed by atoms with E-state index in [9.17, 15) is 9.59 Å². The van der Waals surface area contributed by atoms with Crippen molar-refractivity contribution in [1.82, 2.24) is 35.7 Å². The predicted molar refractivity (Wildman–Crippen MR) is 183 cm³/mol. The number of nitrogens with zero attached hydrogens (tertiary/aromatic N) is 6. The SMILES string of the molecule is CC(C)(C)CCC(c1ccc(C(=O)NCc2nn[nH]n2)cc1)N1C(=O)C(N2CCC3CCCCC3C2)=NC12CCC(C(C)(C)C)CC2. The van der Waals surface area contributed by atoms with Gasteiger partial charge in [-0.05, 0) is 97.6 Å². The smallest absolute Gasteiger partial charge is 0.291 e. The van der Waals surface area contributed by atoms with Gasteiger partial charge in [-0.2, -0.15) is 5.21 Å². The highest BCUT2D eigenvalue weighted by Gasteiger charge is 2.54. The summed E-state index contributed by atoms with van der Waals surface area (Å²) in [4.78, 5) is 38.0. The number of carbonyl (C=O) groups is 2. The first-order valence-corrected chi connectivity index (χ1v) is 18.1. The van der Waals surface area contributed by atoms with Gasteiger partial charge < -0.3 is 15.1 Å². The maximum atomic E-state index is 14.9. The molecule has 10 nitrogen and oxygen atoms in total. The molecule has 0 bridgehead atoms. The van der Waals surface area contributed by atoms with Crippen LogP contribution >= 0.6 is 0 Å². The minimum absolute atomic E-state index is 0.106. The number of aromatic nitrogens is 4. The number of carbonyl (C=O) groups excluding carboxylic acids is 2. The van der Waals surface area contributed by atoms with E-state index in [1.54, 1.807) is 0 Å². The van der Waals surface area contributed by atoms with Gasteiger partial charge >= 0.3 is 0 Å². The number of tetrazole rings is 1. The van der Waals surface area contributed by atoms with Crippen molar-refractivity contribution in [2.75, 3.05) is 13.1 Å². The lowest BCUT2D eigenvalue weighted by Crippen LogP contribution is -2.53. The van der Waals surface area contributed by atoms with Crippen molar-refractivity contribution >= 4 is 17.6 Å². The third-order valence-corrected chi connectivity index (χ3v) is 11.6. The van der Waals surface area contributed by atoms with Crippen LogP contribution in [0.5, 0.6) is 0 Å². The number of aliphatic imine (C=N–C) groups is 1. The van der Waals surface area contributed by atoms with Gasteiger partial charge in [-0.15, -0.1) is 10.2 Å². The molecule has 2 aromatic rings. The van der Waals surface area contributed by atoms with Crippen molar-refractivity contribution in [3.8, 4) is 0 Å². The Morgan fingerprint density at radius 3 is 2.34 bits per heavy atom. The van der Waals surface area contributed by atoms with Crippen LogP contribution in [0.4, 0.5) is 0 Å². The van der Waals surface area contributed by atoms with Crippen molar-refractivity contribution in [2.24, 2.45) is 33.6 Å². The van der Waals surface area contributed by atoms with Crippen LogP contribution in [-0.2, 0) is 11.3 Å². The van der Waals surface area contributed by atoms with Gasteiger partial charge in [-0.25, -0.2) is 4.99 Å². The van der Waals surface area contributed by atoms with Gasteiger partial charge in [-0.3, -0.25) is 9.59 Å². The van der Waals surface area contributed by atoms with E-state index in [-0.39, 0.29) is 35.2 Å². The predicted octanol–water partition coefficient (Wildman–Crippen LogP) is 6.68. The molecule has 2 saturated carbocycles. The number of likely N-dealkylation sites (tertiary alicyclic amines) is 1. The number of amidine groups is 1. The highest BCUT2D eigenvalue weighted by molar-refractivity contribution is 6.39. The molecule has 3 atom stereocenters. The number of hydrogen-bond acceptors (Lipinski definition) is 7. The summed E-state index contributed by atoms with van der Waals surface area (Å²) in [5.41, 5.74) is 1.45. The van der Waals surface area contributed by atoms with Crippen molar-refractivity contribution < 1.29 is 9.59 Å². The number of piperidine rings is 1. The Labute approximate surface area is 280 Å². The summed E-state index contributed by atoms with van der Waals surface area (Å²) in [6, 6.07) is 7.72. The normalized spacial score (nSPS) is 27.5. The summed E-state index contributed by atoms with van der Waals surface area (Å²) < 4.78 is 0. The number of rotatable bonds is 7. The summed E-state index contributed by atoms with van der Waals surface area (Å²) >= 11 is 0. The van der Waals surface area contributed by atoms with E-state index in [0.717, 1.165) is 63.1 Å². The van der Waals surface area contributed by atoms with Crippen LogP contribution < -0.4 is 5.32 Å². The lowest BCUT2D eigenvalue weighted by Gasteiger charge is -2.47. The van der Waals surface area contributed by atoms with Gasteiger partial charge in [0.25, 0.3) is 11.8 Å². The number of amides is 2. The third kappa shape index (κ3) is 7.41. The van der Waals surface area contributed by atoms with Crippen molar-refractivity contribution in [1.29, 1.82) is 0 Å². The maximum absolute atomic E-state index is 14.9. The van der Waals surface area contributed by atoms with Crippen LogP contribution in [0.1, 0.15) is 140 Å². The van der Waals surface area contributed by atoms with E-state index in [2.05, 4.69) is 77.3 Å². The van der Waals surface area contributed by atoms with Crippen LogP contribution in [0.2, 0.25) is 0 Å². The first-order valence-electron chi connectivity index (χ1n) is 18.1. The number of benzene rings is 1. The van der Waals surface area contributed by atoms with Crippen molar-refractivity contribution in [2.45, 2.75) is 130 Å². The summed E-state index contributed by atoms with van der Waals surface area (Å²) in [6.07, 6.45) is 12.2. The standard InChI is InChI=1S/C37H56N8O2/c1-35(2,3)19-17-30(26-11-13-27(14-12-26)33(46)38-23-31-40-42-43-41-31)45-34(47)32(44-22-18-25-9-7-8-10-28(25)24-44)39-37(45)20-15-29(16-21-37)36(4,5)6/h11-14,25,28-30H,7-10,15-24H2,1-6H3,(H,38,46)(H,40,41,42,43). The molecule has 2 aliphatic heterocycles. The Hall–Kier alpha value is -3.30. The molecule has 10 heteroatoms. The molecule has 4 aliphatic rings. The largest absolute Gasteiger partial charge is 0.352 e. The Morgan fingerprint density at radius 2 is 1.70 bits per heavy atom. The molecule has 2 amide bonds. The molecule has 47 heavy (non-hydrogen) atoms. The van der Waals surface area contributed by atoms with E-state index < -0.39 is 5.66 Å². The third-order valence-electron chi connectivity index (χ3n) is 11.6. The summed E-state index contributed by atoms with van der Waals surface area (Å²) in [7, 11) is 0. The van der Waals surface area contributed by atoms with E-state index >= 15 is 0 Å². The van der Waals surface area contributed by atoms with E-state index in [1.807, 2.05) is 24.3 Å². The Balaban J connectivity index is 1.30. The zero-order valence-electron chi connectivity index (χ0n) is 29.5. The maximum Gasteiger partial charge on any atom is 0.291 e. The van der Waals surface area contributed by atoms with Crippen LogP contribution in [0.3, 0.4) is 0 Å². The molecule has 3 unspecified atom stereocenters. The van der Waals surface area contributed by atoms with Crippen LogP contribution in [-0.4, -0.2) is 66.8 Å². The van der Waals surface area contributed by atoms with Crippen LogP contribution in [0, 0.1) is 28.6 Å². The lowest BCUT2D eigenvalue weighted by atomic mass is 9.69. The topological polar surface area (TPSA) is 119 Å². The fourth-order valence-electron chi connectivity index (χ4n) is 8.72. The number of hydrogen-bond donors (Lipinski definition) is 2. The zero-order valence-corrected chi connectivity index (χ0v) is 29.5. The second-order valence-corrected chi connectivity index (χ2v) is 17.0. The molecule has 1 aromatic carbocycles. The fraction of sp³-hybridized carbons (Fsp3) is 0.730. The van der Waals surface area contributed by atoms with E-state index in [4.69, 9.17) is 4.99 Å². The summed E-state index contributed by atoms with van der Waals surface area (Å²) in [5.74, 6) is 3.13. The van der Waals surface area contributed by atoms with Gasteiger partial charge in [0.05, 0.1) is 12.6 Å². The first-order chi connectivity index (χ1) is 22.3. The minimum atomic E-state index is -0.527. The minimum Gasteiger partial charge on any atom is -0.352 e. The zero-order chi connectivity index (χ0) is 33.4. The molecule has 1 saturated heterocycles. The second-order valence-electron chi connectivity index (χ2n) is 17.0. The fourth-order valence-corrected chi connectivity index (χ4v) is 8.72. The summed E-state index contributed by atoms with van der Waals surface area (Å²) in [6.45, 7) is 16.0.